The first-order valence-corrected chi connectivity index (χ1v) is 10.0. The van der Waals surface area contributed by atoms with Gasteiger partial charge in [-0.1, -0.05) is 6.07 Å². The summed E-state index contributed by atoms with van der Waals surface area (Å²) in [7, 11) is -3.45. The van der Waals surface area contributed by atoms with Gasteiger partial charge in [0.2, 0.25) is 11.8 Å². The molecule has 0 bridgehead atoms. The molecule has 0 unspecified atom stereocenters. The van der Waals surface area contributed by atoms with Crippen molar-refractivity contribution >= 4 is 27.3 Å². The first-order valence-electron chi connectivity index (χ1n) is 8.47. The highest BCUT2D eigenvalue weighted by molar-refractivity contribution is 7.92. The maximum atomic E-state index is 14.0. The molecule has 29 heavy (non-hydrogen) atoms. The van der Waals surface area contributed by atoms with Crippen molar-refractivity contribution in [1.82, 2.24) is 4.98 Å². The average Bonchev–Trinajstić information content (AvgIpc) is 3.05. The molecular weight excluding hydrogens is 404 g/mol. The Morgan fingerprint density at radius 2 is 1.69 bits per heavy atom. The number of halogens is 2. The summed E-state index contributed by atoms with van der Waals surface area (Å²) in [5.41, 5.74) is 4.74. The fourth-order valence-electron chi connectivity index (χ4n) is 2.51. The molecule has 3 rings (SSSR count). The standard InChI is InChI=1S/C19H17F2N3O4S/c1-10(2)29(26,27)12-8-6-11(7-9-12)23-19-16(17(22)25)24-18(28-19)15-13(20)4-3-5-14(15)21/h3-10,23H,1-2H3,(H2,22,25). The highest BCUT2D eigenvalue weighted by atomic mass is 32.2. The third-order valence-electron chi connectivity index (χ3n) is 4.10. The van der Waals surface area contributed by atoms with Crippen molar-refractivity contribution < 1.29 is 26.4 Å². The van der Waals surface area contributed by atoms with Crippen LogP contribution in [0.2, 0.25) is 0 Å². The van der Waals surface area contributed by atoms with Gasteiger partial charge >= 0.3 is 0 Å². The second kappa shape index (κ2) is 7.63. The predicted molar refractivity (Wildman–Crippen MR) is 102 cm³/mol. The first kappa shape index (κ1) is 20.5. The number of nitrogens with zero attached hydrogens (tertiary/aromatic N) is 1. The molecule has 1 aromatic heterocycles. The summed E-state index contributed by atoms with van der Waals surface area (Å²) in [5, 5.41) is 2.13. The molecule has 0 radical (unpaired) electrons. The van der Waals surface area contributed by atoms with Gasteiger partial charge in [-0.05, 0) is 50.2 Å². The number of nitrogens with one attached hydrogen (secondary N) is 1. The van der Waals surface area contributed by atoms with E-state index in [1.54, 1.807) is 13.8 Å². The molecule has 0 saturated heterocycles. The maximum absolute atomic E-state index is 14.0. The molecule has 0 aliphatic rings. The average molecular weight is 421 g/mol. The van der Waals surface area contributed by atoms with E-state index in [0.717, 1.165) is 12.1 Å². The Hall–Kier alpha value is -3.27. The lowest BCUT2D eigenvalue weighted by Gasteiger charge is -2.09. The summed E-state index contributed by atoms with van der Waals surface area (Å²) in [5.74, 6) is -3.50. The number of primary amides is 1. The number of carbonyl (C=O) groups is 1. The van der Waals surface area contributed by atoms with Crippen molar-refractivity contribution in [3.63, 3.8) is 0 Å². The molecule has 0 spiro atoms. The van der Waals surface area contributed by atoms with Crippen LogP contribution in [0.4, 0.5) is 20.4 Å². The van der Waals surface area contributed by atoms with Crippen molar-refractivity contribution in [3.8, 4) is 11.5 Å². The van der Waals surface area contributed by atoms with Crippen LogP contribution in [0, 0.1) is 11.6 Å². The summed E-state index contributed by atoms with van der Waals surface area (Å²) < 4.78 is 57.7. The predicted octanol–water partition coefficient (Wildman–Crippen LogP) is 3.64. The Labute approximate surface area is 165 Å². The second-order valence-electron chi connectivity index (χ2n) is 6.40. The number of oxazole rings is 1. The molecule has 3 N–H and O–H groups in total. The summed E-state index contributed by atoms with van der Waals surface area (Å²) in [6.45, 7) is 3.14. The van der Waals surface area contributed by atoms with Crippen LogP contribution in [0.25, 0.3) is 11.5 Å². The largest absolute Gasteiger partial charge is 0.419 e. The van der Waals surface area contributed by atoms with Crippen LogP contribution < -0.4 is 11.1 Å². The maximum Gasteiger partial charge on any atom is 0.273 e. The highest BCUT2D eigenvalue weighted by Crippen LogP contribution is 2.31. The molecule has 0 fully saturated rings. The quantitative estimate of drug-likeness (QED) is 0.628. The van der Waals surface area contributed by atoms with Gasteiger partial charge in [-0.3, -0.25) is 4.79 Å². The van der Waals surface area contributed by atoms with Gasteiger partial charge in [0.1, 0.15) is 17.2 Å². The van der Waals surface area contributed by atoms with Crippen LogP contribution in [0.1, 0.15) is 24.3 Å². The van der Waals surface area contributed by atoms with Gasteiger partial charge in [0.05, 0.1) is 10.1 Å². The number of sulfone groups is 1. The number of anilines is 2. The van der Waals surface area contributed by atoms with E-state index in [-0.39, 0.29) is 16.5 Å². The molecule has 10 heteroatoms. The fraction of sp³-hybridized carbons (Fsp3) is 0.158. The van der Waals surface area contributed by atoms with Crippen LogP contribution in [0.15, 0.2) is 51.8 Å². The monoisotopic (exact) mass is 421 g/mol. The number of carbonyl (C=O) groups excluding carboxylic acids is 1. The number of hydrogen-bond acceptors (Lipinski definition) is 6. The van der Waals surface area contributed by atoms with Crippen molar-refractivity contribution in [2.24, 2.45) is 5.73 Å². The fourth-order valence-corrected chi connectivity index (χ4v) is 3.57. The van der Waals surface area contributed by atoms with E-state index in [2.05, 4.69) is 10.3 Å². The molecular formula is C19H17F2N3O4S. The second-order valence-corrected chi connectivity index (χ2v) is 8.91. The van der Waals surface area contributed by atoms with Crippen molar-refractivity contribution in [1.29, 1.82) is 0 Å². The van der Waals surface area contributed by atoms with Crippen LogP contribution >= 0.6 is 0 Å². The number of aromatic nitrogens is 1. The molecule has 1 amide bonds. The Morgan fingerprint density at radius 1 is 1.10 bits per heavy atom. The van der Waals surface area contributed by atoms with Gasteiger partial charge in [0, 0.05) is 5.69 Å². The van der Waals surface area contributed by atoms with Gasteiger partial charge in [-0.15, -0.1) is 0 Å². The Kier molecular flexibility index (Phi) is 5.38. The number of hydrogen-bond donors (Lipinski definition) is 2. The zero-order valence-electron chi connectivity index (χ0n) is 15.4. The summed E-state index contributed by atoms with van der Waals surface area (Å²) in [4.78, 5) is 15.6. The molecule has 1 heterocycles. The van der Waals surface area contributed by atoms with Gasteiger partial charge in [-0.2, -0.15) is 0 Å². The minimum Gasteiger partial charge on any atom is -0.419 e. The summed E-state index contributed by atoms with van der Waals surface area (Å²) >= 11 is 0. The zero-order chi connectivity index (χ0) is 21.3. The smallest absolute Gasteiger partial charge is 0.273 e. The van der Waals surface area contributed by atoms with E-state index in [4.69, 9.17) is 10.2 Å². The van der Waals surface area contributed by atoms with E-state index < -0.39 is 44.1 Å². The van der Waals surface area contributed by atoms with Crippen LogP contribution in [0.5, 0.6) is 0 Å². The molecule has 2 aromatic carbocycles. The van der Waals surface area contributed by atoms with Gasteiger partial charge in [0.15, 0.2) is 15.5 Å². The first-order chi connectivity index (χ1) is 13.6. The van der Waals surface area contributed by atoms with Crippen molar-refractivity contribution in [2.45, 2.75) is 24.0 Å². The molecule has 0 aliphatic heterocycles. The number of rotatable bonds is 6. The molecule has 0 atom stereocenters. The SMILES string of the molecule is CC(C)S(=O)(=O)c1ccc(Nc2oc(-c3c(F)cccc3F)nc2C(N)=O)cc1. The Morgan fingerprint density at radius 3 is 2.21 bits per heavy atom. The molecule has 152 valence electrons. The van der Waals surface area contributed by atoms with Crippen molar-refractivity contribution in [3.05, 3.63) is 59.8 Å². The Bertz CT molecular complexity index is 1150. The van der Waals surface area contributed by atoms with E-state index in [0.29, 0.717) is 5.69 Å². The van der Waals surface area contributed by atoms with E-state index in [9.17, 15) is 22.0 Å². The van der Waals surface area contributed by atoms with Crippen LogP contribution in [-0.4, -0.2) is 24.6 Å². The third-order valence-corrected chi connectivity index (χ3v) is 6.27. The highest BCUT2D eigenvalue weighted by Gasteiger charge is 2.24. The Balaban J connectivity index is 1.98. The lowest BCUT2D eigenvalue weighted by Crippen LogP contribution is -2.14. The summed E-state index contributed by atoms with van der Waals surface area (Å²) in [6.07, 6.45) is 0. The number of nitrogens with two attached hydrogens (primary N) is 1. The molecule has 0 aliphatic carbocycles. The normalized spacial score (nSPS) is 11.6. The molecule has 3 aromatic rings. The number of benzene rings is 2. The van der Waals surface area contributed by atoms with Gasteiger partial charge in [-0.25, -0.2) is 22.2 Å². The number of amides is 1. The van der Waals surface area contributed by atoms with Crippen LogP contribution in [0.3, 0.4) is 0 Å². The van der Waals surface area contributed by atoms with E-state index in [1.807, 2.05) is 0 Å². The summed E-state index contributed by atoms with van der Waals surface area (Å²) in [6, 6.07) is 8.89. The molecule has 0 saturated carbocycles. The topological polar surface area (TPSA) is 115 Å². The van der Waals surface area contributed by atoms with Crippen molar-refractivity contribution in [2.75, 3.05) is 5.32 Å². The minimum absolute atomic E-state index is 0.125. The van der Waals surface area contributed by atoms with Gasteiger partial charge in [0.25, 0.3) is 5.91 Å². The molecule has 7 nitrogen and oxygen atoms in total. The van der Waals surface area contributed by atoms with Gasteiger partial charge < -0.3 is 15.5 Å². The third kappa shape index (κ3) is 3.97. The lowest BCUT2D eigenvalue weighted by atomic mass is 10.2. The van der Waals surface area contributed by atoms with E-state index >= 15 is 0 Å². The minimum atomic E-state index is -3.45. The zero-order valence-corrected chi connectivity index (χ0v) is 16.3. The van der Waals surface area contributed by atoms with Crippen LogP contribution in [-0.2, 0) is 9.84 Å². The lowest BCUT2D eigenvalue weighted by molar-refractivity contribution is 0.0996. The van der Waals surface area contributed by atoms with E-state index in [1.165, 1.54) is 30.3 Å².